The molecule has 2 amide bonds. The number of carbonyl (C=O) groups is 1. The van der Waals surface area contributed by atoms with Crippen LogP contribution in [-0.2, 0) is 35.7 Å². The van der Waals surface area contributed by atoms with Crippen molar-refractivity contribution >= 4 is 11.7 Å². The zero-order valence-corrected chi connectivity index (χ0v) is 40.1. The molecular formula is C56H57N9O7. The van der Waals surface area contributed by atoms with Crippen molar-refractivity contribution in [3.05, 3.63) is 180 Å². The van der Waals surface area contributed by atoms with Crippen molar-refractivity contribution in [1.82, 2.24) is 39.5 Å². The number of aromatic hydroxyl groups is 2. The van der Waals surface area contributed by atoms with Gasteiger partial charge in [-0.1, -0.05) is 60.1 Å². The van der Waals surface area contributed by atoms with Crippen LogP contribution in [0.4, 0.5) is 10.5 Å². The van der Waals surface area contributed by atoms with Crippen molar-refractivity contribution in [3.8, 4) is 35.2 Å². The highest BCUT2D eigenvalue weighted by Crippen LogP contribution is 2.30. The number of piperidine rings is 1. The number of carbonyl (C=O) groups excluding carboxylic acids is 1. The van der Waals surface area contributed by atoms with Crippen LogP contribution in [0.1, 0.15) is 81.0 Å². The van der Waals surface area contributed by atoms with Gasteiger partial charge < -0.3 is 34.6 Å². The van der Waals surface area contributed by atoms with Gasteiger partial charge in [0.2, 0.25) is 11.5 Å². The standard InChI is InChI=1S/C56H57N9O7/c66-51-48(57-38-58-54(51)68)35-61-23-21-46(22-24-61)45-17-13-41(14-18-45)3-1-39-7-11-44(12-8-39)34-63-29-32-72-50(37-63)53-59-49(52(67)55(69)60-53)36-64-25-26-65(56(64)70)47-19-15-42(16-20-47)4-2-40-5-9-43(10-6-40)33-62-27-30-71-31-28-62/h5-20,38,46,50,66-67H,21-37H2,(H,57,58,68)(H,59,60,69). The monoisotopic (exact) mass is 967 g/mol. The van der Waals surface area contributed by atoms with E-state index in [2.05, 4.69) is 107 Å². The first-order chi connectivity index (χ1) is 35.2. The van der Waals surface area contributed by atoms with Crippen LogP contribution < -0.4 is 16.0 Å². The largest absolute Gasteiger partial charge is 0.502 e. The highest BCUT2D eigenvalue weighted by Gasteiger charge is 2.32. The fraction of sp³-hybridized carbons (Fsp3) is 0.339. The number of hydrogen-bond acceptors (Lipinski definition) is 12. The van der Waals surface area contributed by atoms with Gasteiger partial charge in [-0.25, -0.2) is 14.8 Å². The summed E-state index contributed by atoms with van der Waals surface area (Å²) >= 11 is 0. The minimum absolute atomic E-state index is 0.0301. The Balaban J connectivity index is 0.694. The molecule has 16 nitrogen and oxygen atoms in total. The van der Waals surface area contributed by atoms with Gasteiger partial charge in [-0.15, -0.1) is 0 Å². The number of nitrogens with one attached hydrogen (secondary N) is 2. The third-order valence-electron chi connectivity index (χ3n) is 13.8. The summed E-state index contributed by atoms with van der Waals surface area (Å²) in [6.07, 6.45) is 2.74. The van der Waals surface area contributed by atoms with E-state index < -0.39 is 23.0 Å². The fourth-order valence-corrected chi connectivity index (χ4v) is 9.65. The third kappa shape index (κ3) is 11.8. The van der Waals surface area contributed by atoms with Gasteiger partial charge in [0.1, 0.15) is 23.3 Å². The van der Waals surface area contributed by atoms with Crippen LogP contribution in [0.5, 0.6) is 11.5 Å². The Morgan fingerprint density at radius 1 is 0.583 bits per heavy atom. The number of morpholine rings is 2. The Kier molecular flexibility index (Phi) is 14.9. The molecule has 1 atom stereocenters. The van der Waals surface area contributed by atoms with Crippen LogP contribution in [0.25, 0.3) is 0 Å². The molecule has 0 spiro atoms. The Labute approximate surface area is 417 Å². The Morgan fingerprint density at radius 3 is 1.78 bits per heavy atom. The number of aromatic amines is 2. The van der Waals surface area contributed by atoms with E-state index in [-0.39, 0.29) is 24.0 Å². The van der Waals surface area contributed by atoms with E-state index >= 15 is 0 Å². The summed E-state index contributed by atoms with van der Waals surface area (Å²) in [5.41, 5.74) is 7.32. The number of hydrogen-bond donors (Lipinski definition) is 4. The van der Waals surface area contributed by atoms with Crippen molar-refractivity contribution in [3.63, 3.8) is 0 Å². The first-order valence-electron chi connectivity index (χ1n) is 24.6. The summed E-state index contributed by atoms with van der Waals surface area (Å²) in [5, 5.41) is 20.9. The number of amides is 2. The lowest BCUT2D eigenvalue weighted by Crippen LogP contribution is -2.39. The van der Waals surface area contributed by atoms with Crippen LogP contribution in [0.3, 0.4) is 0 Å². The topological polar surface area (TPSA) is 184 Å². The lowest BCUT2D eigenvalue weighted by molar-refractivity contribution is -0.0375. The van der Waals surface area contributed by atoms with Gasteiger partial charge in [-0.3, -0.25) is 29.2 Å². The number of H-pyrrole nitrogens is 2. The molecule has 4 saturated heterocycles. The van der Waals surface area contributed by atoms with E-state index in [1.807, 2.05) is 48.5 Å². The van der Waals surface area contributed by atoms with Gasteiger partial charge in [-0.05, 0) is 109 Å². The van der Waals surface area contributed by atoms with E-state index in [4.69, 9.17) is 9.47 Å². The third-order valence-corrected chi connectivity index (χ3v) is 13.8. The number of anilines is 1. The SMILES string of the molecule is O=C1N(Cc2nc(C3CN(Cc4ccc(C#Cc5ccc(C6CCN(Cc7nc[nH]c(=O)c7O)CC6)cc5)cc4)CCO3)[nH]c(=O)c2O)CCN1c1ccc(C#Cc2ccc(CN3CCOCC3)cc2)cc1. The molecule has 4 aliphatic heterocycles. The molecule has 0 radical (unpaired) electrons. The normalized spacial score (nSPS) is 18.1. The predicted octanol–water partition coefficient (Wildman–Crippen LogP) is 5.29. The number of benzene rings is 4. The Hall–Kier alpha value is -7.57. The summed E-state index contributed by atoms with van der Waals surface area (Å²) in [6.45, 7) is 9.56. The summed E-state index contributed by atoms with van der Waals surface area (Å²) in [5.74, 6) is 13.0. The second-order valence-electron chi connectivity index (χ2n) is 18.7. The van der Waals surface area contributed by atoms with Gasteiger partial charge >= 0.3 is 6.03 Å². The maximum atomic E-state index is 13.7. The molecule has 6 heterocycles. The number of aromatic nitrogens is 4. The molecule has 0 saturated carbocycles. The maximum absolute atomic E-state index is 13.7. The molecule has 2 aromatic heterocycles. The molecule has 4 N–H and O–H groups in total. The molecule has 4 aliphatic rings. The fourth-order valence-electron chi connectivity index (χ4n) is 9.65. The summed E-state index contributed by atoms with van der Waals surface area (Å²) in [4.78, 5) is 62.5. The molecule has 4 fully saturated rings. The average molecular weight is 968 g/mol. The van der Waals surface area contributed by atoms with Crippen molar-refractivity contribution in [2.24, 2.45) is 0 Å². The van der Waals surface area contributed by atoms with Gasteiger partial charge in [0.25, 0.3) is 11.1 Å². The number of rotatable bonds is 11. The van der Waals surface area contributed by atoms with E-state index in [0.29, 0.717) is 63.3 Å². The molecule has 10 rings (SSSR count). The van der Waals surface area contributed by atoms with Gasteiger partial charge in [0, 0.05) is 86.8 Å². The molecule has 6 aromatic rings. The molecule has 4 aromatic carbocycles. The van der Waals surface area contributed by atoms with Crippen LogP contribution in [-0.4, -0.2) is 128 Å². The summed E-state index contributed by atoms with van der Waals surface area (Å²) in [7, 11) is 0. The van der Waals surface area contributed by atoms with Gasteiger partial charge in [0.05, 0.1) is 32.7 Å². The van der Waals surface area contributed by atoms with E-state index in [9.17, 15) is 24.6 Å². The Bertz CT molecular complexity index is 3110. The van der Waals surface area contributed by atoms with Crippen LogP contribution in [0, 0.1) is 23.7 Å². The van der Waals surface area contributed by atoms with E-state index in [1.54, 1.807) is 9.80 Å². The summed E-state index contributed by atoms with van der Waals surface area (Å²) in [6, 6.07) is 32.3. The second-order valence-corrected chi connectivity index (χ2v) is 18.7. The number of ether oxygens (including phenoxy) is 2. The first-order valence-corrected chi connectivity index (χ1v) is 24.6. The Morgan fingerprint density at radius 2 is 1.14 bits per heavy atom. The van der Waals surface area contributed by atoms with Gasteiger partial charge in [0.15, 0.2) is 0 Å². The minimum Gasteiger partial charge on any atom is -0.502 e. The van der Waals surface area contributed by atoms with Crippen molar-refractivity contribution in [2.75, 3.05) is 77.1 Å². The van der Waals surface area contributed by atoms with Crippen LogP contribution in [0.2, 0.25) is 0 Å². The highest BCUT2D eigenvalue weighted by atomic mass is 16.5. The van der Waals surface area contributed by atoms with Crippen molar-refractivity contribution < 1.29 is 24.5 Å². The molecule has 16 heteroatoms. The molecule has 0 aliphatic carbocycles. The van der Waals surface area contributed by atoms with E-state index in [1.165, 1.54) is 17.5 Å². The maximum Gasteiger partial charge on any atom is 0.324 e. The lowest BCUT2D eigenvalue weighted by Gasteiger charge is -2.32. The molecule has 368 valence electrons. The van der Waals surface area contributed by atoms with Crippen molar-refractivity contribution in [2.45, 2.75) is 51.0 Å². The second kappa shape index (κ2) is 22.2. The van der Waals surface area contributed by atoms with Crippen LogP contribution in [0.15, 0.2) is 113 Å². The number of likely N-dealkylation sites (tertiary alicyclic amines) is 1. The molecule has 0 bridgehead atoms. The molecular weight excluding hydrogens is 911 g/mol. The minimum atomic E-state index is -0.676. The molecule has 72 heavy (non-hydrogen) atoms. The highest BCUT2D eigenvalue weighted by molar-refractivity contribution is 5.94. The number of urea groups is 1. The number of nitrogens with zero attached hydrogens (tertiary/aromatic N) is 7. The van der Waals surface area contributed by atoms with Crippen LogP contribution >= 0.6 is 0 Å². The quantitative estimate of drug-likeness (QED) is 0.123. The first kappa shape index (κ1) is 48.1. The average Bonchev–Trinajstić information content (AvgIpc) is 3.78. The molecule has 1 unspecified atom stereocenters. The van der Waals surface area contributed by atoms with Crippen molar-refractivity contribution in [1.29, 1.82) is 0 Å². The predicted molar refractivity (Wildman–Crippen MR) is 271 cm³/mol. The summed E-state index contributed by atoms with van der Waals surface area (Å²) < 4.78 is 11.6. The lowest BCUT2D eigenvalue weighted by atomic mass is 9.89. The smallest absolute Gasteiger partial charge is 0.324 e. The zero-order valence-electron chi connectivity index (χ0n) is 40.1. The zero-order chi connectivity index (χ0) is 49.4. The van der Waals surface area contributed by atoms with Gasteiger partial charge in [-0.2, -0.15) is 0 Å². The van der Waals surface area contributed by atoms with E-state index in [0.717, 1.165) is 92.3 Å².